The standard InChI is InChI=1S/C9H18BrO2Si/c1-3-7-11-13(9-5-6-10)12-8-4-2/h5,9H,3-4,6-8H2,1-2H3. The Balaban J connectivity index is 3.66. The quantitative estimate of drug-likeness (QED) is 0.497. The van der Waals surface area contributed by atoms with E-state index in [2.05, 4.69) is 29.8 Å². The molecule has 77 valence electrons. The van der Waals surface area contributed by atoms with Gasteiger partial charge in [0.05, 0.1) is 0 Å². The fraction of sp³-hybridized carbons (Fsp3) is 0.778. The van der Waals surface area contributed by atoms with Gasteiger partial charge in [-0.25, -0.2) is 0 Å². The Morgan fingerprint density at radius 2 is 1.69 bits per heavy atom. The summed E-state index contributed by atoms with van der Waals surface area (Å²) < 4.78 is 11.1. The van der Waals surface area contributed by atoms with Crippen molar-refractivity contribution in [2.75, 3.05) is 18.5 Å². The van der Waals surface area contributed by atoms with Gasteiger partial charge in [-0.3, -0.25) is 0 Å². The minimum Gasteiger partial charge on any atom is -0.390 e. The summed E-state index contributed by atoms with van der Waals surface area (Å²) in [6, 6.07) is 0. The van der Waals surface area contributed by atoms with Crippen LogP contribution in [0.5, 0.6) is 0 Å². The highest BCUT2D eigenvalue weighted by atomic mass is 79.9. The summed E-state index contributed by atoms with van der Waals surface area (Å²) in [5.74, 6) is 0. The lowest BCUT2D eigenvalue weighted by Crippen LogP contribution is -2.21. The molecule has 2 nitrogen and oxygen atoms in total. The fourth-order valence-electron chi connectivity index (χ4n) is 0.684. The average molecular weight is 266 g/mol. The van der Waals surface area contributed by atoms with Crippen LogP contribution in [0.25, 0.3) is 0 Å². The van der Waals surface area contributed by atoms with Crippen LogP contribution in [0.4, 0.5) is 0 Å². The first-order valence-electron chi connectivity index (χ1n) is 4.70. The molecule has 0 rings (SSSR count). The van der Waals surface area contributed by atoms with Crippen molar-refractivity contribution < 1.29 is 8.85 Å². The zero-order chi connectivity index (χ0) is 9.94. The van der Waals surface area contributed by atoms with Gasteiger partial charge in [-0.2, -0.15) is 0 Å². The molecule has 0 bridgehead atoms. The van der Waals surface area contributed by atoms with Crippen molar-refractivity contribution in [2.24, 2.45) is 0 Å². The first-order chi connectivity index (χ1) is 6.35. The topological polar surface area (TPSA) is 18.5 Å². The molecule has 0 N–H and O–H groups in total. The lowest BCUT2D eigenvalue weighted by atomic mass is 10.5. The van der Waals surface area contributed by atoms with E-state index in [1.165, 1.54) is 0 Å². The van der Waals surface area contributed by atoms with Gasteiger partial charge < -0.3 is 8.85 Å². The molecule has 0 aromatic carbocycles. The minimum atomic E-state index is -1.14. The summed E-state index contributed by atoms with van der Waals surface area (Å²) in [6.45, 7) is 5.80. The molecule has 0 aliphatic heterocycles. The van der Waals surface area contributed by atoms with Crippen LogP contribution in [0.1, 0.15) is 26.7 Å². The van der Waals surface area contributed by atoms with Crippen LogP contribution in [-0.2, 0) is 8.85 Å². The number of hydrogen-bond acceptors (Lipinski definition) is 2. The third-order valence-electron chi connectivity index (χ3n) is 1.24. The summed E-state index contributed by atoms with van der Waals surface area (Å²) in [5, 5.41) is 0.867. The van der Waals surface area contributed by atoms with E-state index in [4.69, 9.17) is 8.85 Å². The maximum atomic E-state index is 5.57. The summed E-state index contributed by atoms with van der Waals surface area (Å²) in [6.07, 6.45) is 4.14. The van der Waals surface area contributed by atoms with Crippen molar-refractivity contribution in [3.05, 3.63) is 11.8 Å². The third kappa shape index (κ3) is 8.68. The number of rotatable bonds is 8. The first-order valence-corrected chi connectivity index (χ1v) is 7.21. The minimum absolute atomic E-state index is 0.796. The molecular formula is C9H18BrO2Si. The smallest absolute Gasteiger partial charge is 0.390 e. The van der Waals surface area contributed by atoms with E-state index >= 15 is 0 Å². The van der Waals surface area contributed by atoms with Crippen molar-refractivity contribution in [1.82, 2.24) is 0 Å². The molecule has 0 unspecified atom stereocenters. The first kappa shape index (κ1) is 13.4. The predicted molar refractivity (Wildman–Crippen MR) is 61.2 cm³/mol. The van der Waals surface area contributed by atoms with Crippen molar-refractivity contribution in [2.45, 2.75) is 26.7 Å². The van der Waals surface area contributed by atoms with Crippen LogP contribution in [0.15, 0.2) is 11.8 Å². The second kappa shape index (κ2) is 10.4. The predicted octanol–water partition coefficient (Wildman–Crippen LogP) is 2.82. The Labute approximate surface area is 91.3 Å². The highest BCUT2D eigenvalue weighted by Gasteiger charge is 2.09. The number of allylic oxidation sites excluding steroid dienone is 1. The van der Waals surface area contributed by atoms with E-state index in [0.29, 0.717) is 0 Å². The molecular weight excluding hydrogens is 248 g/mol. The fourth-order valence-corrected chi connectivity index (χ4v) is 2.61. The average Bonchev–Trinajstić information content (AvgIpc) is 2.17. The van der Waals surface area contributed by atoms with Crippen LogP contribution in [-0.4, -0.2) is 27.8 Å². The van der Waals surface area contributed by atoms with E-state index in [-0.39, 0.29) is 0 Å². The molecule has 4 heteroatoms. The van der Waals surface area contributed by atoms with E-state index in [1.807, 2.05) is 11.8 Å². The van der Waals surface area contributed by atoms with Gasteiger partial charge in [-0.15, -0.1) is 0 Å². The molecule has 0 aromatic rings. The highest BCUT2D eigenvalue weighted by Crippen LogP contribution is 1.96. The Kier molecular flexibility index (Phi) is 10.7. The Morgan fingerprint density at radius 3 is 2.08 bits per heavy atom. The summed E-state index contributed by atoms with van der Waals surface area (Å²) in [7, 11) is -1.14. The molecule has 0 saturated carbocycles. The molecule has 0 atom stereocenters. The second-order valence-corrected chi connectivity index (χ2v) is 4.77. The van der Waals surface area contributed by atoms with Gasteiger partial charge in [0.2, 0.25) is 0 Å². The van der Waals surface area contributed by atoms with Gasteiger partial charge in [0.1, 0.15) is 0 Å². The molecule has 0 amide bonds. The van der Waals surface area contributed by atoms with Gasteiger partial charge in [0.15, 0.2) is 0 Å². The zero-order valence-corrected chi connectivity index (χ0v) is 11.0. The summed E-state index contributed by atoms with van der Waals surface area (Å²) in [5.41, 5.74) is 2.05. The van der Waals surface area contributed by atoms with Crippen molar-refractivity contribution in [3.8, 4) is 0 Å². The van der Waals surface area contributed by atoms with Gasteiger partial charge >= 0.3 is 9.28 Å². The number of hydrogen-bond donors (Lipinski definition) is 0. The van der Waals surface area contributed by atoms with Gasteiger partial charge in [0.25, 0.3) is 0 Å². The molecule has 0 fully saturated rings. The lowest BCUT2D eigenvalue weighted by Gasteiger charge is -2.10. The Hall–Kier alpha value is 0.357. The van der Waals surface area contributed by atoms with Crippen LogP contribution in [0.2, 0.25) is 0 Å². The van der Waals surface area contributed by atoms with Crippen LogP contribution in [0.3, 0.4) is 0 Å². The molecule has 0 aromatic heterocycles. The highest BCUT2D eigenvalue weighted by molar-refractivity contribution is 9.09. The number of alkyl halides is 1. The molecule has 0 saturated heterocycles. The molecule has 0 aliphatic rings. The largest absolute Gasteiger partial charge is 0.415 e. The van der Waals surface area contributed by atoms with Gasteiger partial charge in [-0.05, 0) is 18.5 Å². The number of halogens is 1. The third-order valence-corrected chi connectivity index (χ3v) is 3.10. The Morgan fingerprint density at radius 1 is 1.15 bits per heavy atom. The van der Waals surface area contributed by atoms with Crippen molar-refractivity contribution in [1.29, 1.82) is 0 Å². The maximum absolute atomic E-state index is 5.57. The maximum Gasteiger partial charge on any atom is 0.415 e. The molecule has 0 spiro atoms. The van der Waals surface area contributed by atoms with Crippen LogP contribution in [0, 0.1) is 0 Å². The van der Waals surface area contributed by atoms with Crippen LogP contribution >= 0.6 is 15.9 Å². The van der Waals surface area contributed by atoms with Gasteiger partial charge in [0, 0.05) is 18.5 Å². The van der Waals surface area contributed by atoms with Crippen LogP contribution < -0.4 is 0 Å². The van der Waals surface area contributed by atoms with Crippen molar-refractivity contribution >= 4 is 25.2 Å². The molecule has 1 radical (unpaired) electrons. The van der Waals surface area contributed by atoms with Crippen molar-refractivity contribution in [3.63, 3.8) is 0 Å². The normalized spacial score (nSPS) is 11.7. The monoisotopic (exact) mass is 265 g/mol. The molecule has 13 heavy (non-hydrogen) atoms. The summed E-state index contributed by atoms with van der Waals surface area (Å²) in [4.78, 5) is 0. The Bertz CT molecular complexity index is 123. The van der Waals surface area contributed by atoms with E-state index in [1.54, 1.807) is 0 Å². The van der Waals surface area contributed by atoms with E-state index in [9.17, 15) is 0 Å². The van der Waals surface area contributed by atoms with E-state index in [0.717, 1.165) is 31.4 Å². The summed E-state index contributed by atoms with van der Waals surface area (Å²) >= 11 is 3.33. The zero-order valence-electron chi connectivity index (χ0n) is 8.38. The molecule has 0 heterocycles. The lowest BCUT2D eigenvalue weighted by molar-refractivity contribution is 0.206. The SMILES string of the molecule is CCCO[Si](C=CCBr)OCCC. The molecule has 0 aliphatic carbocycles. The second-order valence-electron chi connectivity index (χ2n) is 2.57. The van der Waals surface area contributed by atoms with Gasteiger partial charge in [-0.1, -0.05) is 35.9 Å². The van der Waals surface area contributed by atoms with E-state index < -0.39 is 9.28 Å².